The molecular weight excluding hydrogens is 408 g/mol. The molecule has 0 N–H and O–H groups in total. The standard InChI is InChI=1S/C18H19ClN2O4S2/c19-14-3-5-16(6-4-14)27(23,24)20-9-7-18(8-10-20)21(17(22)13-26-18)12-15-2-1-11-25-15/h1-6,11H,7-10,12-13H2. The van der Waals surface area contributed by atoms with Crippen molar-refractivity contribution in [2.75, 3.05) is 18.8 Å². The Morgan fingerprint density at radius 1 is 1.15 bits per heavy atom. The predicted molar refractivity (Wildman–Crippen MR) is 104 cm³/mol. The number of thioether (sulfide) groups is 1. The van der Waals surface area contributed by atoms with Crippen molar-refractivity contribution in [3.05, 3.63) is 53.4 Å². The van der Waals surface area contributed by atoms with Gasteiger partial charge in [-0.2, -0.15) is 4.31 Å². The van der Waals surface area contributed by atoms with Crippen LogP contribution < -0.4 is 0 Å². The largest absolute Gasteiger partial charge is 0.467 e. The first kappa shape index (κ1) is 18.9. The molecular formula is C18H19ClN2O4S2. The van der Waals surface area contributed by atoms with Gasteiger partial charge < -0.3 is 9.32 Å². The van der Waals surface area contributed by atoms with Gasteiger partial charge in [-0.05, 0) is 49.2 Å². The Hall–Kier alpha value is -1.48. The van der Waals surface area contributed by atoms with Gasteiger partial charge in [-0.15, -0.1) is 11.8 Å². The van der Waals surface area contributed by atoms with Gasteiger partial charge in [0.2, 0.25) is 15.9 Å². The van der Waals surface area contributed by atoms with Crippen molar-refractivity contribution in [1.29, 1.82) is 0 Å². The molecule has 9 heteroatoms. The summed E-state index contributed by atoms with van der Waals surface area (Å²) in [5.41, 5.74) is 0. The molecule has 0 bridgehead atoms. The number of hydrogen-bond acceptors (Lipinski definition) is 5. The van der Waals surface area contributed by atoms with Gasteiger partial charge >= 0.3 is 0 Å². The van der Waals surface area contributed by atoms with E-state index < -0.39 is 10.0 Å². The summed E-state index contributed by atoms with van der Waals surface area (Å²) in [5.74, 6) is 1.23. The molecule has 3 heterocycles. The van der Waals surface area contributed by atoms with Crippen LogP contribution >= 0.6 is 23.4 Å². The van der Waals surface area contributed by atoms with Gasteiger partial charge in [-0.25, -0.2) is 8.42 Å². The van der Waals surface area contributed by atoms with E-state index >= 15 is 0 Å². The Morgan fingerprint density at radius 2 is 1.85 bits per heavy atom. The number of carbonyl (C=O) groups excluding carboxylic acids is 1. The number of piperidine rings is 1. The normalized spacial score (nSPS) is 20.5. The van der Waals surface area contributed by atoms with Crippen molar-refractivity contribution >= 4 is 39.3 Å². The molecule has 1 spiro atoms. The Bertz CT molecular complexity index is 921. The first-order valence-electron chi connectivity index (χ1n) is 8.63. The molecule has 27 heavy (non-hydrogen) atoms. The highest BCUT2D eigenvalue weighted by Gasteiger charge is 2.49. The molecule has 0 aliphatic carbocycles. The van der Waals surface area contributed by atoms with E-state index in [1.807, 2.05) is 11.0 Å². The van der Waals surface area contributed by atoms with E-state index in [1.165, 1.54) is 16.4 Å². The quantitative estimate of drug-likeness (QED) is 0.750. The molecule has 1 amide bonds. The van der Waals surface area contributed by atoms with E-state index in [2.05, 4.69) is 0 Å². The Balaban J connectivity index is 1.50. The minimum absolute atomic E-state index is 0.0745. The van der Waals surface area contributed by atoms with E-state index in [4.69, 9.17) is 16.0 Å². The maximum absolute atomic E-state index is 12.9. The Kier molecular flexibility index (Phi) is 5.00. The molecule has 2 saturated heterocycles. The van der Waals surface area contributed by atoms with Crippen molar-refractivity contribution in [1.82, 2.24) is 9.21 Å². The molecule has 0 atom stereocenters. The molecule has 4 rings (SSSR count). The fourth-order valence-corrected chi connectivity index (χ4v) is 6.52. The molecule has 1 aromatic heterocycles. The van der Waals surface area contributed by atoms with Crippen molar-refractivity contribution < 1.29 is 17.6 Å². The van der Waals surface area contributed by atoms with Gasteiger partial charge in [-0.1, -0.05) is 11.6 Å². The van der Waals surface area contributed by atoms with Crippen LogP contribution in [0, 0.1) is 0 Å². The van der Waals surface area contributed by atoms with Crippen LogP contribution in [0.3, 0.4) is 0 Å². The summed E-state index contributed by atoms with van der Waals surface area (Å²) in [6.07, 6.45) is 2.78. The Labute approximate surface area is 167 Å². The highest BCUT2D eigenvalue weighted by molar-refractivity contribution is 8.01. The maximum atomic E-state index is 12.9. The number of halogens is 1. The van der Waals surface area contributed by atoms with E-state index in [-0.39, 0.29) is 15.7 Å². The van der Waals surface area contributed by atoms with E-state index in [0.717, 1.165) is 5.76 Å². The number of furan rings is 1. The number of amides is 1. The molecule has 0 unspecified atom stereocenters. The second-order valence-corrected chi connectivity index (χ2v) is 10.4. The number of carbonyl (C=O) groups is 1. The van der Waals surface area contributed by atoms with E-state index in [9.17, 15) is 13.2 Å². The average Bonchev–Trinajstić information content (AvgIpc) is 3.27. The van der Waals surface area contributed by atoms with Gasteiger partial charge in [0.05, 0.1) is 28.3 Å². The zero-order chi connectivity index (χ0) is 19.1. The lowest BCUT2D eigenvalue weighted by Crippen LogP contribution is -2.52. The lowest BCUT2D eigenvalue weighted by atomic mass is 10.0. The molecule has 2 fully saturated rings. The summed E-state index contributed by atoms with van der Waals surface area (Å²) >= 11 is 7.47. The van der Waals surface area contributed by atoms with Crippen molar-refractivity contribution in [2.45, 2.75) is 29.2 Å². The SMILES string of the molecule is O=C1CSC2(CCN(S(=O)(=O)c3ccc(Cl)cc3)CC2)N1Cc1ccco1. The second kappa shape index (κ2) is 7.16. The van der Waals surface area contributed by atoms with Crippen LogP contribution in [0.2, 0.25) is 5.02 Å². The fraction of sp³-hybridized carbons (Fsp3) is 0.389. The van der Waals surface area contributed by atoms with Crippen LogP contribution in [-0.4, -0.2) is 47.2 Å². The predicted octanol–water partition coefficient (Wildman–Crippen LogP) is 3.19. The van der Waals surface area contributed by atoms with E-state index in [0.29, 0.717) is 43.3 Å². The lowest BCUT2D eigenvalue weighted by Gasteiger charge is -2.43. The van der Waals surface area contributed by atoms with Crippen molar-refractivity contribution in [3.8, 4) is 0 Å². The van der Waals surface area contributed by atoms with Crippen LogP contribution in [0.5, 0.6) is 0 Å². The monoisotopic (exact) mass is 426 g/mol. The maximum Gasteiger partial charge on any atom is 0.243 e. The Morgan fingerprint density at radius 3 is 2.48 bits per heavy atom. The smallest absolute Gasteiger partial charge is 0.243 e. The van der Waals surface area contributed by atoms with Crippen molar-refractivity contribution in [2.24, 2.45) is 0 Å². The topological polar surface area (TPSA) is 70.8 Å². The summed E-state index contributed by atoms with van der Waals surface area (Å²) in [5, 5.41) is 0.501. The summed E-state index contributed by atoms with van der Waals surface area (Å²) in [6.45, 7) is 1.17. The third-order valence-electron chi connectivity index (χ3n) is 5.11. The minimum Gasteiger partial charge on any atom is -0.467 e. The van der Waals surface area contributed by atoms with Gasteiger partial charge in [0.15, 0.2) is 0 Å². The zero-order valence-corrected chi connectivity index (χ0v) is 16.9. The molecule has 2 aliphatic rings. The van der Waals surface area contributed by atoms with Gasteiger partial charge in [0, 0.05) is 18.1 Å². The number of nitrogens with zero attached hydrogens (tertiary/aromatic N) is 2. The first-order chi connectivity index (χ1) is 12.9. The van der Waals surface area contributed by atoms with Gasteiger partial charge in [-0.3, -0.25) is 4.79 Å². The molecule has 1 aromatic carbocycles. The summed E-state index contributed by atoms with van der Waals surface area (Å²) in [6, 6.07) is 9.87. The molecule has 2 aromatic rings. The van der Waals surface area contributed by atoms with E-state index in [1.54, 1.807) is 36.2 Å². The fourth-order valence-electron chi connectivity index (χ4n) is 3.62. The third kappa shape index (κ3) is 3.51. The van der Waals surface area contributed by atoms with Crippen molar-refractivity contribution in [3.63, 3.8) is 0 Å². The number of sulfonamides is 1. The number of benzene rings is 1. The first-order valence-corrected chi connectivity index (χ1v) is 11.4. The van der Waals surface area contributed by atoms with Crippen LogP contribution in [0.1, 0.15) is 18.6 Å². The summed E-state index contributed by atoms with van der Waals surface area (Å²) < 4.78 is 32.7. The highest BCUT2D eigenvalue weighted by atomic mass is 35.5. The van der Waals surface area contributed by atoms with Gasteiger partial charge in [0.25, 0.3) is 0 Å². The molecule has 6 nitrogen and oxygen atoms in total. The zero-order valence-electron chi connectivity index (χ0n) is 14.5. The average molecular weight is 427 g/mol. The number of hydrogen-bond donors (Lipinski definition) is 0. The van der Waals surface area contributed by atoms with Gasteiger partial charge in [0.1, 0.15) is 5.76 Å². The molecule has 0 radical (unpaired) electrons. The second-order valence-electron chi connectivity index (χ2n) is 6.65. The lowest BCUT2D eigenvalue weighted by molar-refractivity contribution is -0.132. The summed E-state index contributed by atoms with van der Waals surface area (Å²) in [7, 11) is -3.56. The minimum atomic E-state index is -3.56. The molecule has 2 aliphatic heterocycles. The van der Waals surface area contributed by atoms with Crippen LogP contribution in [-0.2, 0) is 21.4 Å². The third-order valence-corrected chi connectivity index (χ3v) is 8.83. The van der Waals surface area contributed by atoms with Crippen LogP contribution in [0.4, 0.5) is 0 Å². The molecule has 144 valence electrons. The van der Waals surface area contributed by atoms with Crippen LogP contribution in [0.25, 0.3) is 0 Å². The summed E-state index contributed by atoms with van der Waals surface area (Å²) in [4.78, 5) is 14.2. The highest BCUT2D eigenvalue weighted by Crippen LogP contribution is 2.45. The van der Waals surface area contributed by atoms with Crippen LogP contribution in [0.15, 0.2) is 52.0 Å². The molecule has 0 saturated carbocycles. The number of rotatable bonds is 4.